The Balaban J connectivity index is 1.68. The van der Waals surface area contributed by atoms with Crippen molar-refractivity contribution in [2.75, 3.05) is 29.8 Å². The second kappa shape index (κ2) is 8.69. The molecule has 1 fully saturated rings. The van der Waals surface area contributed by atoms with Crippen molar-refractivity contribution in [2.24, 2.45) is 0 Å². The summed E-state index contributed by atoms with van der Waals surface area (Å²) in [6.07, 6.45) is 2.27. The molecule has 6 nitrogen and oxygen atoms in total. The molecule has 27 heavy (non-hydrogen) atoms. The van der Waals surface area contributed by atoms with Crippen LogP contribution in [0, 0.1) is 0 Å². The van der Waals surface area contributed by atoms with Crippen molar-refractivity contribution < 1.29 is 13.2 Å². The van der Waals surface area contributed by atoms with E-state index in [9.17, 15) is 8.42 Å². The van der Waals surface area contributed by atoms with Gasteiger partial charge in [-0.3, -0.25) is 4.31 Å². The number of nitrogens with zero attached hydrogens (tertiary/aromatic N) is 1. The van der Waals surface area contributed by atoms with Crippen molar-refractivity contribution in [1.82, 2.24) is 5.32 Å². The first-order valence-electron chi connectivity index (χ1n) is 8.77. The van der Waals surface area contributed by atoms with Crippen molar-refractivity contribution in [3.63, 3.8) is 0 Å². The summed E-state index contributed by atoms with van der Waals surface area (Å²) in [4.78, 5) is 0.195. The minimum absolute atomic E-state index is 0.177. The Hall–Kier alpha value is -2.16. The Kier molecular flexibility index (Phi) is 6.30. The number of thiocarbonyl (C=S) groups is 1. The topological polar surface area (TPSA) is 70.7 Å². The number of para-hydroxylation sites is 1. The molecule has 1 aliphatic rings. The average molecular weight is 406 g/mol. The molecule has 3 rings (SSSR count). The van der Waals surface area contributed by atoms with Gasteiger partial charge < -0.3 is 15.4 Å². The van der Waals surface area contributed by atoms with E-state index in [0.29, 0.717) is 23.0 Å². The van der Waals surface area contributed by atoms with Crippen LogP contribution in [0.4, 0.5) is 11.4 Å². The summed E-state index contributed by atoms with van der Waals surface area (Å²) in [7, 11) is -2.13. The van der Waals surface area contributed by atoms with Crippen LogP contribution in [0.15, 0.2) is 59.5 Å². The standard InChI is InChI=1S/C19H23N3O3S2/c1-22(16-8-3-2-4-9-16)27(23,24)18-11-5-7-15(13-18)21-19(26)20-14-17-10-6-12-25-17/h2-5,7-9,11,13,17H,6,10,12,14H2,1H3,(H2,20,21,26). The molecule has 0 spiro atoms. The van der Waals surface area contributed by atoms with Crippen LogP contribution in [-0.4, -0.2) is 39.8 Å². The molecule has 0 amide bonds. The van der Waals surface area contributed by atoms with Crippen LogP contribution < -0.4 is 14.9 Å². The SMILES string of the molecule is CN(c1ccccc1)S(=O)(=O)c1cccc(NC(=S)NCC2CCCO2)c1. The number of anilines is 2. The zero-order chi connectivity index (χ0) is 19.3. The fourth-order valence-electron chi connectivity index (χ4n) is 2.86. The van der Waals surface area contributed by atoms with E-state index in [1.54, 1.807) is 55.6 Å². The van der Waals surface area contributed by atoms with Crippen LogP contribution >= 0.6 is 12.2 Å². The molecule has 1 saturated heterocycles. The summed E-state index contributed by atoms with van der Waals surface area (Å²) < 4.78 is 32.6. The number of sulfonamides is 1. The van der Waals surface area contributed by atoms with Gasteiger partial charge in [-0.1, -0.05) is 24.3 Å². The van der Waals surface area contributed by atoms with Crippen LogP contribution in [0.3, 0.4) is 0 Å². The number of rotatable bonds is 6. The fourth-order valence-corrected chi connectivity index (χ4v) is 4.30. The first kappa shape index (κ1) is 19.6. The smallest absolute Gasteiger partial charge is 0.264 e. The monoisotopic (exact) mass is 405 g/mol. The molecule has 0 aliphatic carbocycles. The van der Waals surface area contributed by atoms with Gasteiger partial charge in [0.1, 0.15) is 0 Å². The number of nitrogens with one attached hydrogen (secondary N) is 2. The van der Waals surface area contributed by atoms with Crippen molar-refractivity contribution in [2.45, 2.75) is 23.8 Å². The Morgan fingerprint density at radius 3 is 2.70 bits per heavy atom. The summed E-state index contributed by atoms with van der Waals surface area (Å²) >= 11 is 5.30. The molecule has 0 radical (unpaired) electrons. The van der Waals surface area contributed by atoms with Gasteiger partial charge in [-0.15, -0.1) is 0 Å². The van der Waals surface area contributed by atoms with E-state index >= 15 is 0 Å². The first-order valence-corrected chi connectivity index (χ1v) is 10.6. The molecule has 0 saturated carbocycles. The highest BCUT2D eigenvalue weighted by atomic mass is 32.2. The molecule has 0 bridgehead atoms. The van der Waals surface area contributed by atoms with Crippen LogP contribution in [-0.2, 0) is 14.8 Å². The Labute approximate surface area is 165 Å². The van der Waals surface area contributed by atoms with Crippen LogP contribution in [0.5, 0.6) is 0 Å². The highest BCUT2D eigenvalue weighted by molar-refractivity contribution is 7.92. The van der Waals surface area contributed by atoms with E-state index in [1.807, 2.05) is 6.07 Å². The number of hydrogen-bond donors (Lipinski definition) is 2. The van der Waals surface area contributed by atoms with Crippen LogP contribution in [0.2, 0.25) is 0 Å². The predicted molar refractivity (Wildman–Crippen MR) is 112 cm³/mol. The number of benzene rings is 2. The summed E-state index contributed by atoms with van der Waals surface area (Å²) in [5.41, 5.74) is 1.21. The molecule has 0 aromatic heterocycles. The molecule has 2 aromatic rings. The van der Waals surface area contributed by atoms with E-state index in [2.05, 4.69) is 10.6 Å². The van der Waals surface area contributed by atoms with Gasteiger partial charge in [0.25, 0.3) is 10.0 Å². The van der Waals surface area contributed by atoms with Gasteiger partial charge in [0.05, 0.1) is 16.7 Å². The minimum atomic E-state index is -3.67. The van der Waals surface area contributed by atoms with Gasteiger partial charge in [-0.2, -0.15) is 0 Å². The van der Waals surface area contributed by atoms with Crippen LogP contribution in [0.1, 0.15) is 12.8 Å². The second-order valence-electron chi connectivity index (χ2n) is 6.31. The highest BCUT2D eigenvalue weighted by Crippen LogP contribution is 2.23. The molecule has 8 heteroatoms. The lowest BCUT2D eigenvalue weighted by Crippen LogP contribution is -2.34. The fraction of sp³-hybridized carbons (Fsp3) is 0.316. The molecule has 1 aliphatic heterocycles. The highest BCUT2D eigenvalue weighted by Gasteiger charge is 2.21. The molecular formula is C19H23N3O3S2. The summed E-state index contributed by atoms with van der Waals surface area (Å²) in [5.74, 6) is 0. The Morgan fingerprint density at radius 1 is 1.22 bits per heavy atom. The van der Waals surface area contributed by atoms with Crippen molar-refractivity contribution in [1.29, 1.82) is 0 Å². The Bertz CT molecular complexity index is 882. The molecule has 1 heterocycles. The van der Waals surface area contributed by atoms with E-state index in [4.69, 9.17) is 17.0 Å². The van der Waals surface area contributed by atoms with E-state index in [0.717, 1.165) is 19.4 Å². The minimum Gasteiger partial charge on any atom is -0.376 e. The molecule has 2 aromatic carbocycles. The normalized spacial score (nSPS) is 16.7. The van der Waals surface area contributed by atoms with E-state index in [-0.39, 0.29) is 11.0 Å². The van der Waals surface area contributed by atoms with Crippen LogP contribution in [0.25, 0.3) is 0 Å². The lowest BCUT2D eigenvalue weighted by Gasteiger charge is -2.20. The molecule has 1 atom stereocenters. The molecule has 2 N–H and O–H groups in total. The molecule has 1 unspecified atom stereocenters. The second-order valence-corrected chi connectivity index (χ2v) is 8.68. The maximum atomic E-state index is 12.9. The summed E-state index contributed by atoms with van der Waals surface area (Å²) in [5, 5.41) is 6.60. The maximum Gasteiger partial charge on any atom is 0.264 e. The third-order valence-electron chi connectivity index (χ3n) is 4.38. The third kappa shape index (κ3) is 4.97. The maximum absolute atomic E-state index is 12.9. The van der Waals surface area contributed by atoms with Gasteiger partial charge >= 0.3 is 0 Å². The first-order chi connectivity index (χ1) is 13.0. The summed E-state index contributed by atoms with van der Waals surface area (Å²) in [6.45, 7) is 1.43. The van der Waals surface area contributed by atoms with Crippen molar-refractivity contribution in [3.8, 4) is 0 Å². The summed E-state index contributed by atoms with van der Waals surface area (Å²) in [6, 6.07) is 15.6. The zero-order valence-corrected chi connectivity index (χ0v) is 16.7. The van der Waals surface area contributed by atoms with E-state index in [1.165, 1.54) is 4.31 Å². The number of ether oxygens (including phenoxy) is 1. The zero-order valence-electron chi connectivity index (χ0n) is 15.1. The predicted octanol–water partition coefficient (Wildman–Crippen LogP) is 2.98. The third-order valence-corrected chi connectivity index (χ3v) is 6.41. The van der Waals surface area contributed by atoms with Crippen molar-refractivity contribution >= 4 is 38.7 Å². The average Bonchev–Trinajstić information content (AvgIpc) is 3.20. The van der Waals surface area contributed by atoms with Gasteiger partial charge in [-0.25, -0.2) is 8.42 Å². The van der Waals surface area contributed by atoms with Gasteiger partial charge in [0, 0.05) is 25.9 Å². The lowest BCUT2D eigenvalue weighted by molar-refractivity contribution is 0.114. The van der Waals surface area contributed by atoms with Crippen molar-refractivity contribution in [3.05, 3.63) is 54.6 Å². The Morgan fingerprint density at radius 2 is 2.00 bits per heavy atom. The lowest BCUT2D eigenvalue weighted by atomic mass is 10.2. The van der Waals surface area contributed by atoms with Gasteiger partial charge in [0.15, 0.2) is 5.11 Å². The molecular weight excluding hydrogens is 382 g/mol. The molecule has 144 valence electrons. The number of hydrogen-bond acceptors (Lipinski definition) is 4. The van der Waals surface area contributed by atoms with E-state index < -0.39 is 10.0 Å². The van der Waals surface area contributed by atoms with Gasteiger partial charge in [-0.05, 0) is 55.4 Å². The quantitative estimate of drug-likeness (QED) is 0.720. The largest absolute Gasteiger partial charge is 0.376 e. The van der Waals surface area contributed by atoms with Gasteiger partial charge in [0.2, 0.25) is 0 Å².